The quantitative estimate of drug-likeness (QED) is 0.868. The molecule has 0 aliphatic rings. The van der Waals surface area contributed by atoms with Gasteiger partial charge >= 0.3 is 0 Å². The van der Waals surface area contributed by atoms with Crippen LogP contribution >= 0.6 is 11.6 Å². The van der Waals surface area contributed by atoms with Crippen LogP contribution in [0, 0.1) is 6.92 Å². The highest BCUT2D eigenvalue weighted by atomic mass is 35.5. The van der Waals surface area contributed by atoms with Gasteiger partial charge in [-0.25, -0.2) is 0 Å². The molecule has 0 bridgehead atoms. The van der Waals surface area contributed by atoms with Gasteiger partial charge in [-0.3, -0.25) is 0 Å². The number of hydrogen-bond acceptors (Lipinski definition) is 2. The Morgan fingerprint density at radius 2 is 2.06 bits per heavy atom. The molecule has 1 rings (SSSR count). The first-order valence-electron chi connectivity index (χ1n) is 6.13. The Hall–Kier alpha value is -0.990. The molecule has 0 unspecified atom stereocenters. The predicted molar refractivity (Wildman–Crippen MR) is 79.3 cm³/mol. The molecular weight excluding hydrogens is 246 g/mol. The number of halogens is 1. The number of ether oxygens (including phenoxy) is 1. The molecule has 0 aliphatic carbocycles. The number of aryl methyl sites for hydroxylation is 1. The highest BCUT2D eigenvalue weighted by Crippen LogP contribution is 2.28. The fourth-order valence-electron chi connectivity index (χ4n) is 1.82. The number of hydrogen-bond donors (Lipinski definition) is 1. The molecular formula is C15H22ClNO. The van der Waals surface area contributed by atoms with Gasteiger partial charge in [0.25, 0.3) is 0 Å². The van der Waals surface area contributed by atoms with Crippen LogP contribution < -0.4 is 10.5 Å². The summed E-state index contributed by atoms with van der Waals surface area (Å²) in [6, 6.07) is 3.82. The molecule has 1 aromatic rings. The lowest BCUT2D eigenvalue weighted by atomic mass is 9.99. The summed E-state index contributed by atoms with van der Waals surface area (Å²) in [7, 11) is 1.68. The summed E-state index contributed by atoms with van der Waals surface area (Å²) in [6.45, 7) is 6.06. The predicted octanol–water partition coefficient (Wildman–Crippen LogP) is 4.19. The zero-order valence-corrected chi connectivity index (χ0v) is 12.3. The fraction of sp³-hybridized carbons (Fsp3) is 0.467. The number of nitrogens with two attached hydrogens (primary N) is 1. The van der Waals surface area contributed by atoms with Crippen LogP contribution in [-0.4, -0.2) is 12.6 Å². The second-order valence-electron chi connectivity index (χ2n) is 5.27. The molecule has 2 N–H and O–H groups in total. The molecule has 100 valence electrons. The maximum absolute atomic E-state index is 6.06. The summed E-state index contributed by atoms with van der Waals surface area (Å²) in [5, 5.41) is 0.729. The number of allylic oxidation sites excluding steroid dienone is 1. The summed E-state index contributed by atoms with van der Waals surface area (Å²) in [5.74, 6) is 0.877. The zero-order valence-electron chi connectivity index (χ0n) is 11.6. The van der Waals surface area contributed by atoms with Crippen LogP contribution in [-0.2, 0) is 0 Å². The van der Waals surface area contributed by atoms with Gasteiger partial charge in [0, 0.05) is 16.1 Å². The minimum absolute atomic E-state index is 0.126. The van der Waals surface area contributed by atoms with Crippen molar-refractivity contribution in [2.45, 2.75) is 39.2 Å². The van der Waals surface area contributed by atoms with E-state index in [0.29, 0.717) is 0 Å². The lowest BCUT2D eigenvalue weighted by Gasteiger charge is -2.16. The van der Waals surface area contributed by atoms with Gasteiger partial charge in [-0.2, -0.15) is 0 Å². The van der Waals surface area contributed by atoms with Gasteiger partial charge in [-0.05, 0) is 51.3 Å². The minimum Gasteiger partial charge on any atom is -0.496 e. The van der Waals surface area contributed by atoms with Gasteiger partial charge in [-0.1, -0.05) is 23.8 Å². The molecule has 0 aromatic heterocycles. The first-order valence-corrected chi connectivity index (χ1v) is 6.51. The minimum atomic E-state index is -0.126. The maximum atomic E-state index is 6.06. The summed E-state index contributed by atoms with van der Waals surface area (Å²) in [5.41, 5.74) is 7.87. The summed E-state index contributed by atoms with van der Waals surface area (Å²) in [6.07, 6.45) is 6.05. The van der Waals surface area contributed by atoms with Gasteiger partial charge in [0.1, 0.15) is 5.75 Å². The van der Waals surface area contributed by atoms with Gasteiger partial charge in [0.2, 0.25) is 0 Å². The van der Waals surface area contributed by atoms with E-state index in [-0.39, 0.29) is 5.54 Å². The largest absolute Gasteiger partial charge is 0.496 e. The summed E-state index contributed by atoms with van der Waals surface area (Å²) in [4.78, 5) is 0. The molecule has 0 aliphatic heterocycles. The molecule has 0 saturated carbocycles. The van der Waals surface area contributed by atoms with Crippen LogP contribution in [0.1, 0.15) is 37.8 Å². The fourth-order valence-corrected chi connectivity index (χ4v) is 2.11. The zero-order chi connectivity index (χ0) is 13.8. The Kier molecular flexibility index (Phi) is 5.24. The molecule has 0 saturated heterocycles. The normalized spacial score (nSPS) is 12.1. The second-order valence-corrected chi connectivity index (χ2v) is 5.71. The van der Waals surface area contributed by atoms with Gasteiger partial charge in [0.05, 0.1) is 7.11 Å². The Morgan fingerprint density at radius 1 is 1.39 bits per heavy atom. The lowest BCUT2D eigenvalue weighted by molar-refractivity contribution is 0.410. The molecule has 0 atom stereocenters. The van der Waals surface area contributed by atoms with Crippen LogP contribution in [0.5, 0.6) is 5.75 Å². The van der Waals surface area contributed by atoms with Gasteiger partial charge < -0.3 is 10.5 Å². The molecule has 0 radical (unpaired) electrons. The van der Waals surface area contributed by atoms with E-state index in [9.17, 15) is 0 Å². The second kappa shape index (κ2) is 6.26. The van der Waals surface area contributed by atoms with E-state index in [1.54, 1.807) is 7.11 Å². The highest BCUT2D eigenvalue weighted by Gasteiger charge is 2.09. The summed E-state index contributed by atoms with van der Waals surface area (Å²) < 4.78 is 5.39. The SMILES string of the molecule is COc1c(C)cc(Cl)cc1/C=C/CCC(C)(C)N. The van der Waals surface area contributed by atoms with Crippen LogP contribution in [0.3, 0.4) is 0 Å². The van der Waals surface area contributed by atoms with E-state index in [1.165, 1.54) is 0 Å². The van der Waals surface area contributed by atoms with E-state index >= 15 is 0 Å². The van der Waals surface area contributed by atoms with E-state index in [2.05, 4.69) is 6.08 Å². The van der Waals surface area contributed by atoms with E-state index in [4.69, 9.17) is 22.1 Å². The van der Waals surface area contributed by atoms with Gasteiger partial charge in [0.15, 0.2) is 0 Å². The molecule has 18 heavy (non-hydrogen) atoms. The average molecular weight is 268 g/mol. The number of rotatable bonds is 5. The van der Waals surface area contributed by atoms with Crippen LogP contribution in [0.2, 0.25) is 5.02 Å². The van der Waals surface area contributed by atoms with Crippen LogP contribution in [0.25, 0.3) is 6.08 Å². The first-order chi connectivity index (χ1) is 8.33. The molecule has 0 spiro atoms. The first kappa shape index (κ1) is 15.1. The average Bonchev–Trinajstić information content (AvgIpc) is 2.22. The van der Waals surface area contributed by atoms with Crippen molar-refractivity contribution in [3.05, 3.63) is 34.4 Å². The third-order valence-electron chi connectivity index (χ3n) is 2.73. The van der Waals surface area contributed by atoms with E-state index < -0.39 is 0 Å². The van der Waals surface area contributed by atoms with E-state index in [0.717, 1.165) is 34.7 Å². The van der Waals surface area contributed by atoms with Crippen molar-refractivity contribution in [2.24, 2.45) is 5.73 Å². The standard InChI is InChI=1S/C15H22ClNO/c1-11-9-13(16)10-12(14(11)18-4)7-5-6-8-15(2,3)17/h5,7,9-10H,6,8,17H2,1-4H3/b7-5+. The van der Waals surface area contributed by atoms with Crippen molar-refractivity contribution in [3.63, 3.8) is 0 Å². The Bertz CT molecular complexity index is 433. The molecule has 0 heterocycles. The number of benzene rings is 1. The van der Waals surface area contributed by atoms with Crippen molar-refractivity contribution in [2.75, 3.05) is 7.11 Å². The lowest BCUT2D eigenvalue weighted by Crippen LogP contribution is -2.31. The Labute approximate surface area is 115 Å². The smallest absolute Gasteiger partial charge is 0.129 e. The molecule has 0 fully saturated rings. The van der Waals surface area contributed by atoms with E-state index in [1.807, 2.05) is 39.0 Å². The molecule has 0 amide bonds. The van der Waals surface area contributed by atoms with Gasteiger partial charge in [-0.15, -0.1) is 0 Å². The highest BCUT2D eigenvalue weighted by molar-refractivity contribution is 6.30. The van der Waals surface area contributed by atoms with Crippen LogP contribution in [0.4, 0.5) is 0 Å². The van der Waals surface area contributed by atoms with Crippen LogP contribution in [0.15, 0.2) is 18.2 Å². The van der Waals surface area contributed by atoms with Crippen molar-refractivity contribution in [1.82, 2.24) is 0 Å². The topological polar surface area (TPSA) is 35.2 Å². The molecule has 1 aromatic carbocycles. The molecule has 3 heteroatoms. The summed E-state index contributed by atoms with van der Waals surface area (Å²) >= 11 is 6.06. The van der Waals surface area contributed by atoms with Crippen molar-refractivity contribution in [3.8, 4) is 5.75 Å². The third-order valence-corrected chi connectivity index (χ3v) is 2.94. The Morgan fingerprint density at radius 3 is 2.61 bits per heavy atom. The van der Waals surface area contributed by atoms with Crippen molar-refractivity contribution < 1.29 is 4.74 Å². The molecule has 2 nitrogen and oxygen atoms in total. The third kappa shape index (κ3) is 4.71. The monoisotopic (exact) mass is 267 g/mol. The Balaban J connectivity index is 2.80. The number of methoxy groups -OCH3 is 1. The van der Waals surface area contributed by atoms with Crippen molar-refractivity contribution in [1.29, 1.82) is 0 Å². The van der Waals surface area contributed by atoms with Crippen molar-refractivity contribution >= 4 is 17.7 Å². The maximum Gasteiger partial charge on any atom is 0.129 e.